The third-order valence-corrected chi connectivity index (χ3v) is 2.34. The van der Waals surface area contributed by atoms with Crippen LogP contribution >= 0.6 is 0 Å². The fourth-order valence-corrected chi connectivity index (χ4v) is 1.26. The number of benzene rings is 1. The van der Waals surface area contributed by atoms with Crippen LogP contribution in [0.2, 0.25) is 0 Å². The van der Waals surface area contributed by atoms with Gasteiger partial charge in [-0.1, -0.05) is 6.07 Å². The van der Waals surface area contributed by atoms with Crippen LogP contribution in [0.1, 0.15) is 21.5 Å². The third kappa shape index (κ3) is 3.45. The normalized spacial score (nSPS) is 12.2. The summed E-state index contributed by atoms with van der Waals surface area (Å²) in [5.41, 5.74) is 2.40. The predicted octanol–water partition coefficient (Wildman–Crippen LogP) is 1.30. The van der Waals surface area contributed by atoms with Gasteiger partial charge >= 0.3 is 5.97 Å². The number of hydrogen-bond donors (Lipinski definition) is 0. The van der Waals surface area contributed by atoms with Crippen molar-refractivity contribution in [2.45, 2.75) is 13.8 Å². The molecule has 0 radical (unpaired) electrons. The molecule has 1 atom stereocenters. The molecule has 82 valence electrons. The van der Waals surface area contributed by atoms with Crippen LogP contribution in [0.15, 0.2) is 18.2 Å². The lowest BCUT2D eigenvalue weighted by atomic mass is 10.1. The first kappa shape index (κ1) is 11.9. The van der Waals surface area contributed by atoms with E-state index in [-0.39, 0.29) is 0 Å². The van der Waals surface area contributed by atoms with Gasteiger partial charge in [0.25, 0.3) is 0 Å². The smallest absolute Gasteiger partial charge is 0.339 e. The Morgan fingerprint density at radius 2 is 2.07 bits per heavy atom. The average molecular weight is 227 g/mol. The molecule has 0 aromatic heterocycles. The van der Waals surface area contributed by atoms with E-state index >= 15 is 0 Å². The minimum atomic E-state index is -2.36. The molecule has 0 amide bonds. The maximum atomic E-state index is 11.3. The van der Waals surface area contributed by atoms with Gasteiger partial charge in [-0.05, 0) is 48.2 Å². The van der Waals surface area contributed by atoms with Crippen LogP contribution in [0.25, 0.3) is 0 Å². The van der Waals surface area contributed by atoms with Gasteiger partial charge in [-0.15, -0.1) is 0 Å². The van der Waals surface area contributed by atoms with E-state index in [1.807, 2.05) is 13.8 Å². The molecule has 1 aromatic rings. The van der Waals surface area contributed by atoms with E-state index in [1.165, 1.54) is 0 Å². The second-order valence-electron chi connectivity index (χ2n) is 3.15. The lowest BCUT2D eigenvalue weighted by Gasteiger charge is -2.07. The van der Waals surface area contributed by atoms with Gasteiger partial charge in [-0.3, -0.25) is 4.21 Å². The molecule has 0 aliphatic rings. The Bertz CT molecular complexity index is 400. The van der Waals surface area contributed by atoms with Crippen LogP contribution in [0.5, 0.6) is 0 Å². The summed E-state index contributed by atoms with van der Waals surface area (Å²) < 4.78 is 24.9. The van der Waals surface area contributed by atoms with Crippen molar-refractivity contribution in [3.05, 3.63) is 34.9 Å². The lowest BCUT2D eigenvalue weighted by molar-refractivity contribution is 0.0569. The standard InChI is InChI=1S/C10H12O4S/c1-7-3-4-9(5-8(7)2)10(11)14-6-15(12)13/h3-5H,6H2,1-2H3,(H,12,13)/p-1. The summed E-state index contributed by atoms with van der Waals surface area (Å²) in [6.07, 6.45) is 0. The number of carbonyl (C=O) groups excluding carboxylic acids is 1. The van der Waals surface area contributed by atoms with Gasteiger partial charge in [0.1, 0.15) is 0 Å². The van der Waals surface area contributed by atoms with Crippen LogP contribution < -0.4 is 0 Å². The van der Waals surface area contributed by atoms with Crippen molar-refractivity contribution in [1.29, 1.82) is 0 Å². The molecule has 15 heavy (non-hydrogen) atoms. The number of carbonyl (C=O) groups is 1. The summed E-state index contributed by atoms with van der Waals surface area (Å²) >= 11 is -2.36. The molecule has 4 nitrogen and oxygen atoms in total. The second kappa shape index (κ2) is 5.04. The van der Waals surface area contributed by atoms with Crippen molar-refractivity contribution < 1.29 is 18.3 Å². The quantitative estimate of drug-likeness (QED) is 0.576. The number of rotatable bonds is 3. The van der Waals surface area contributed by atoms with Crippen molar-refractivity contribution >= 4 is 17.0 Å². The topological polar surface area (TPSA) is 66.4 Å². The van der Waals surface area contributed by atoms with Gasteiger partial charge in [-0.25, -0.2) is 4.79 Å². The van der Waals surface area contributed by atoms with Crippen molar-refractivity contribution in [3.8, 4) is 0 Å². The number of aryl methyl sites for hydroxylation is 2. The first-order chi connectivity index (χ1) is 7.00. The van der Waals surface area contributed by atoms with Crippen LogP contribution in [0, 0.1) is 13.8 Å². The van der Waals surface area contributed by atoms with E-state index in [0.717, 1.165) is 11.1 Å². The first-order valence-electron chi connectivity index (χ1n) is 4.31. The van der Waals surface area contributed by atoms with Crippen molar-refractivity contribution in [3.63, 3.8) is 0 Å². The number of hydrogen-bond acceptors (Lipinski definition) is 4. The fourth-order valence-electron chi connectivity index (χ4n) is 1.05. The Morgan fingerprint density at radius 3 is 2.60 bits per heavy atom. The molecule has 0 saturated carbocycles. The summed E-state index contributed by atoms with van der Waals surface area (Å²) in [6, 6.07) is 5.07. The Kier molecular flexibility index (Phi) is 3.99. The van der Waals surface area contributed by atoms with Crippen LogP contribution in [-0.4, -0.2) is 20.7 Å². The van der Waals surface area contributed by atoms with E-state index < -0.39 is 23.0 Å². The van der Waals surface area contributed by atoms with Gasteiger partial charge in [0.15, 0.2) is 5.94 Å². The van der Waals surface area contributed by atoms with Gasteiger partial charge in [0.2, 0.25) is 0 Å². The van der Waals surface area contributed by atoms with E-state index in [1.54, 1.807) is 18.2 Å². The molecule has 0 aliphatic heterocycles. The number of ether oxygens (including phenoxy) is 1. The van der Waals surface area contributed by atoms with Crippen molar-refractivity contribution in [2.75, 3.05) is 5.94 Å². The lowest BCUT2D eigenvalue weighted by Crippen LogP contribution is -2.09. The maximum absolute atomic E-state index is 11.3. The van der Waals surface area contributed by atoms with Crippen LogP contribution in [-0.2, 0) is 15.8 Å². The molecular weight excluding hydrogens is 216 g/mol. The summed E-state index contributed by atoms with van der Waals surface area (Å²) in [6.45, 7) is 3.80. The molecule has 0 bridgehead atoms. The number of esters is 1. The molecule has 1 aromatic carbocycles. The van der Waals surface area contributed by atoms with E-state index in [9.17, 15) is 13.6 Å². The minimum Gasteiger partial charge on any atom is -0.770 e. The Balaban J connectivity index is 2.74. The van der Waals surface area contributed by atoms with E-state index in [4.69, 9.17) is 0 Å². The maximum Gasteiger partial charge on any atom is 0.339 e. The van der Waals surface area contributed by atoms with Crippen LogP contribution in [0.4, 0.5) is 0 Å². The van der Waals surface area contributed by atoms with Crippen LogP contribution in [0.3, 0.4) is 0 Å². The average Bonchev–Trinajstić information content (AvgIpc) is 2.18. The fraction of sp³-hybridized carbons (Fsp3) is 0.300. The van der Waals surface area contributed by atoms with Crippen molar-refractivity contribution in [1.82, 2.24) is 0 Å². The van der Waals surface area contributed by atoms with Gasteiger partial charge in [0.05, 0.1) is 5.56 Å². The minimum absolute atomic E-state index is 0.364. The molecule has 0 N–H and O–H groups in total. The summed E-state index contributed by atoms with van der Waals surface area (Å²) in [7, 11) is 0. The van der Waals surface area contributed by atoms with Gasteiger partial charge in [-0.2, -0.15) is 0 Å². The van der Waals surface area contributed by atoms with Crippen molar-refractivity contribution in [2.24, 2.45) is 0 Å². The second-order valence-corrected chi connectivity index (χ2v) is 4.00. The Morgan fingerprint density at radius 1 is 1.40 bits per heavy atom. The van der Waals surface area contributed by atoms with E-state index in [2.05, 4.69) is 4.74 Å². The molecule has 1 unspecified atom stereocenters. The van der Waals surface area contributed by atoms with E-state index in [0.29, 0.717) is 5.56 Å². The molecule has 1 rings (SSSR count). The molecule has 0 saturated heterocycles. The summed E-state index contributed by atoms with van der Waals surface area (Å²) in [4.78, 5) is 11.3. The highest BCUT2D eigenvalue weighted by Gasteiger charge is 2.07. The molecular formula is C10H11O4S-. The SMILES string of the molecule is Cc1ccc(C(=O)OCS(=O)[O-])cc1C. The van der Waals surface area contributed by atoms with Gasteiger partial charge in [0, 0.05) is 0 Å². The summed E-state index contributed by atoms with van der Waals surface area (Å²) in [5, 5.41) is 0. The zero-order valence-corrected chi connectivity index (χ0v) is 9.30. The molecule has 0 fully saturated rings. The highest BCUT2D eigenvalue weighted by atomic mass is 32.2. The Labute approximate surface area is 90.5 Å². The Hall–Kier alpha value is -1.20. The molecule has 0 spiro atoms. The monoisotopic (exact) mass is 227 g/mol. The third-order valence-electron chi connectivity index (χ3n) is 2.03. The largest absolute Gasteiger partial charge is 0.770 e. The highest BCUT2D eigenvalue weighted by Crippen LogP contribution is 2.10. The molecule has 0 heterocycles. The zero-order chi connectivity index (χ0) is 11.4. The predicted molar refractivity (Wildman–Crippen MR) is 55.1 cm³/mol. The van der Waals surface area contributed by atoms with Gasteiger partial charge < -0.3 is 9.29 Å². The molecule has 5 heteroatoms. The zero-order valence-electron chi connectivity index (χ0n) is 8.48. The summed E-state index contributed by atoms with van der Waals surface area (Å²) in [5.74, 6) is -1.23. The first-order valence-corrected chi connectivity index (χ1v) is 5.55. The molecule has 0 aliphatic carbocycles. The highest BCUT2D eigenvalue weighted by molar-refractivity contribution is 7.78.